The highest BCUT2D eigenvalue weighted by atomic mass is 19.1. The van der Waals surface area contributed by atoms with Gasteiger partial charge >= 0.3 is 0 Å². The first kappa shape index (κ1) is 15.4. The summed E-state index contributed by atoms with van der Waals surface area (Å²) in [6.07, 6.45) is 2.11. The molecule has 0 saturated heterocycles. The Labute approximate surface area is 132 Å². The standard InChI is InChI=1S/C18H16F2N2O/c19-15-5-1-3-13(9-15)10-18(14-4-2-6-16(20)11-14)21-12-17-7-8-22-23-17/h1-9,11,18,21H,10,12H2/t18-/m1/s1. The van der Waals surface area contributed by atoms with E-state index in [1.54, 1.807) is 24.4 Å². The van der Waals surface area contributed by atoms with E-state index in [2.05, 4.69) is 10.5 Å². The largest absolute Gasteiger partial charge is 0.360 e. The third kappa shape index (κ3) is 4.23. The lowest BCUT2D eigenvalue weighted by Crippen LogP contribution is -2.23. The number of hydrogen-bond donors (Lipinski definition) is 1. The van der Waals surface area contributed by atoms with Gasteiger partial charge in [-0.2, -0.15) is 0 Å². The molecule has 5 heteroatoms. The quantitative estimate of drug-likeness (QED) is 0.746. The molecule has 0 bridgehead atoms. The maximum Gasteiger partial charge on any atom is 0.150 e. The Morgan fingerprint density at radius 3 is 2.48 bits per heavy atom. The number of hydrogen-bond acceptors (Lipinski definition) is 3. The van der Waals surface area contributed by atoms with Crippen molar-refractivity contribution in [2.45, 2.75) is 19.0 Å². The number of benzene rings is 2. The van der Waals surface area contributed by atoms with E-state index in [0.717, 1.165) is 11.1 Å². The predicted octanol–water partition coefficient (Wildman–Crippen LogP) is 4.03. The van der Waals surface area contributed by atoms with Crippen molar-refractivity contribution in [2.75, 3.05) is 0 Å². The minimum Gasteiger partial charge on any atom is -0.360 e. The monoisotopic (exact) mass is 314 g/mol. The highest BCUT2D eigenvalue weighted by Gasteiger charge is 2.14. The van der Waals surface area contributed by atoms with E-state index >= 15 is 0 Å². The van der Waals surface area contributed by atoms with Gasteiger partial charge in [0.25, 0.3) is 0 Å². The van der Waals surface area contributed by atoms with Gasteiger partial charge in [-0.05, 0) is 41.8 Å². The van der Waals surface area contributed by atoms with Crippen molar-refractivity contribution < 1.29 is 13.3 Å². The fraction of sp³-hybridized carbons (Fsp3) is 0.167. The van der Waals surface area contributed by atoms with Gasteiger partial charge in [-0.25, -0.2) is 8.78 Å². The van der Waals surface area contributed by atoms with E-state index in [4.69, 9.17) is 4.52 Å². The van der Waals surface area contributed by atoms with Gasteiger partial charge in [-0.15, -0.1) is 0 Å². The van der Waals surface area contributed by atoms with Crippen LogP contribution < -0.4 is 5.32 Å². The van der Waals surface area contributed by atoms with Crippen LogP contribution in [0, 0.1) is 11.6 Å². The number of rotatable bonds is 6. The fourth-order valence-corrected chi connectivity index (χ4v) is 2.49. The van der Waals surface area contributed by atoms with Crippen LogP contribution in [0.25, 0.3) is 0 Å². The van der Waals surface area contributed by atoms with Crippen molar-refractivity contribution in [2.24, 2.45) is 0 Å². The molecule has 0 aliphatic rings. The summed E-state index contributed by atoms with van der Waals surface area (Å²) in [5, 5.41) is 6.97. The average molecular weight is 314 g/mol. The minimum atomic E-state index is -0.298. The highest BCUT2D eigenvalue weighted by molar-refractivity contribution is 5.25. The molecule has 0 saturated carbocycles. The molecule has 0 radical (unpaired) electrons. The third-order valence-corrected chi connectivity index (χ3v) is 3.59. The molecular formula is C18H16F2N2O. The van der Waals surface area contributed by atoms with E-state index in [1.165, 1.54) is 24.3 Å². The van der Waals surface area contributed by atoms with Crippen LogP contribution in [0.2, 0.25) is 0 Å². The summed E-state index contributed by atoms with van der Waals surface area (Å²) in [7, 11) is 0. The van der Waals surface area contributed by atoms with Gasteiger partial charge in [-0.1, -0.05) is 29.4 Å². The van der Waals surface area contributed by atoms with Crippen LogP contribution in [0.5, 0.6) is 0 Å². The molecule has 0 aliphatic heterocycles. The second-order valence-corrected chi connectivity index (χ2v) is 5.30. The van der Waals surface area contributed by atoms with Crippen molar-refractivity contribution >= 4 is 0 Å². The zero-order chi connectivity index (χ0) is 16.1. The summed E-state index contributed by atoms with van der Waals surface area (Å²) in [5.41, 5.74) is 1.64. The third-order valence-electron chi connectivity index (χ3n) is 3.59. The first-order chi connectivity index (χ1) is 11.2. The number of halogens is 2. The molecule has 0 spiro atoms. The van der Waals surface area contributed by atoms with Crippen LogP contribution in [0.1, 0.15) is 22.9 Å². The molecule has 1 atom stereocenters. The van der Waals surface area contributed by atoms with Gasteiger partial charge < -0.3 is 9.84 Å². The Balaban J connectivity index is 1.80. The molecule has 1 heterocycles. The van der Waals surface area contributed by atoms with Gasteiger partial charge in [0.15, 0.2) is 0 Å². The molecule has 1 N–H and O–H groups in total. The van der Waals surface area contributed by atoms with Crippen LogP contribution >= 0.6 is 0 Å². The fourth-order valence-electron chi connectivity index (χ4n) is 2.49. The molecule has 3 rings (SSSR count). The number of nitrogens with one attached hydrogen (secondary N) is 1. The number of nitrogens with zero attached hydrogens (tertiary/aromatic N) is 1. The maximum absolute atomic E-state index is 13.5. The zero-order valence-corrected chi connectivity index (χ0v) is 12.4. The SMILES string of the molecule is Fc1cccc(C[C@@H](NCc2ccno2)c2cccc(F)c2)c1. The van der Waals surface area contributed by atoms with Crippen molar-refractivity contribution in [1.29, 1.82) is 0 Å². The maximum atomic E-state index is 13.5. The normalized spacial score (nSPS) is 12.3. The lowest BCUT2D eigenvalue weighted by atomic mass is 9.98. The summed E-state index contributed by atoms with van der Waals surface area (Å²) < 4.78 is 32.0. The van der Waals surface area contributed by atoms with Crippen LogP contribution in [0.4, 0.5) is 8.78 Å². The van der Waals surface area contributed by atoms with Crippen LogP contribution in [-0.2, 0) is 13.0 Å². The number of aromatic nitrogens is 1. The van der Waals surface area contributed by atoms with E-state index < -0.39 is 0 Å². The van der Waals surface area contributed by atoms with Gasteiger partial charge in [-0.3, -0.25) is 0 Å². The van der Waals surface area contributed by atoms with Crippen molar-refractivity contribution in [3.8, 4) is 0 Å². The first-order valence-corrected chi connectivity index (χ1v) is 7.33. The molecule has 3 aromatic rings. The minimum absolute atomic E-state index is 0.169. The van der Waals surface area contributed by atoms with Gasteiger partial charge in [0, 0.05) is 12.1 Å². The van der Waals surface area contributed by atoms with Gasteiger partial charge in [0.05, 0.1) is 12.7 Å². The van der Waals surface area contributed by atoms with E-state index in [9.17, 15) is 8.78 Å². The summed E-state index contributed by atoms with van der Waals surface area (Å²) >= 11 is 0. The first-order valence-electron chi connectivity index (χ1n) is 7.33. The Bertz CT molecular complexity index is 759. The smallest absolute Gasteiger partial charge is 0.150 e. The van der Waals surface area contributed by atoms with Gasteiger partial charge in [0.2, 0.25) is 0 Å². The topological polar surface area (TPSA) is 38.1 Å². The molecular weight excluding hydrogens is 298 g/mol. The molecule has 3 nitrogen and oxygen atoms in total. The van der Waals surface area contributed by atoms with Gasteiger partial charge in [0.1, 0.15) is 17.4 Å². The van der Waals surface area contributed by atoms with Crippen LogP contribution in [0.15, 0.2) is 65.3 Å². The molecule has 1 aromatic heterocycles. The molecule has 0 aliphatic carbocycles. The second kappa shape index (κ2) is 7.15. The van der Waals surface area contributed by atoms with E-state index in [0.29, 0.717) is 18.7 Å². The Hall–Kier alpha value is -2.53. The average Bonchev–Trinajstić information content (AvgIpc) is 3.05. The van der Waals surface area contributed by atoms with Crippen molar-refractivity contribution in [3.63, 3.8) is 0 Å². The van der Waals surface area contributed by atoms with Crippen LogP contribution in [0.3, 0.4) is 0 Å². The van der Waals surface area contributed by atoms with Crippen LogP contribution in [-0.4, -0.2) is 5.16 Å². The van der Waals surface area contributed by atoms with E-state index in [-0.39, 0.29) is 17.7 Å². The molecule has 23 heavy (non-hydrogen) atoms. The summed E-state index contributed by atoms with van der Waals surface area (Å²) in [6, 6.07) is 14.4. The second-order valence-electron chi connectivity index (χ2n) is 5.30. The Kier molecular flexibility index (Phi) is 4.78. The summed E-state index contributed by atoms with van der Waals surface area (Å²) in [6.45, 7) is 0.455. The summed E-state index contributed by atoms with van der Waals surface area (Å²) in [4.78, 5) is 0. The zero-order valence-electron chi connectivity index (χ0n) is 12.4. The lowest BCUT2D eigenvalue weighted by molar-refractivity contribution is 0.362. The molecule has 0 amide bonds. The molecule has 118 valence electrons. The molecule has 0 fully saturated rings. The van der Waals surface area contributed by atoms with Crippen molar-refractivity contribution in [3.05, 3.63) is 89.3 Å². The highest BCUT2D eigenvalue weighted by Crippen LogP contribution is 2.20. The predicted molar refractivity (Wildman–Crippen MR) is 82.6 cm³/mol. The summed E-state index contributed by atoms with van der Waals surface area (Å²) in [5.74, 6) is 0.106. The van der Waals surface area contributed by atoms with E-state index in [1.807, 2.05) is 12.1 Å². The molecule has 0 unspecified atom stereocenters. The Morgan fingerprint density at radius 1 is 1.00 bits per heavy atom. The van der Waals surface area contributed by atoms with Crippen molar-refractivity contribution in [1.82, 2.24) is 10.5 Å². The Morgan fingerprint density at radius 2 is 1.78 bits per heavy atom. The lowest BCUT2D eigenvalue weighted by Gasteiger charge is -2.19. The molecule has 2 aromatic carbocycles.